The van der Waals surface area contributed by atoms with Crippen LogP contribution in [0.25, 0.3) is 11.1 Å². The van der Waals surface area contributed by atoms with Gasteiger partial charge in [0, 0.05) is 36.7 Å². The minimum atomic E-state index is -0.367. The van der Waals surface area contributed by atoms with Crippen LogP contribution in [0.1, 0.15) is 23.2 Å². The van der Waals surface area contributed by atoms with Crippen molar-refractivity contribution in [2.24, 2.45) is 0 Å². The fourth-order valence-corrected chi connectivity index (χ4v) is 3.65. The maximum absolute atomic E-state index is 14.2. The van der Waals surface area contributed by atoms with E-state index >= 15 is 0 Å². The van der Waals surface area contributed by atoms with Crippen LogP contribution in [0.2, 0.25) is 0 Å². The lowest BCUT2D eigenvalue weighted by atomic mass is 9.99. The number of nitrogens with zero attached hydrogens (tertiary/aromatic N) is 2. The van der Waals surface area contributed by atoms with Crippen LogP contribution in [0.15, 0.2) is 42.6 Å². The predicted molar refractivity (Wildman–Crippen MR) is 109 cm³/mol. The predicted octanol–water partition coefficient (Wildman–Crippen LogP) is 3.96. The van der Waals surface area contributed by atoms with Crippen LogP contribution in [0, 0.1) is 25.5 Å². The molecule has 0 radical (unpaired) electrons. The number of fused-ring (bicyclic) bond motifs is 1. The molecule has 2 heterocycles. The van der Waals surface area contributed by atoms with Gasteiger partial charge in [0.2, 0.25) is 5.91 Å². The van der Waals surface area contributed by atoms with Gasteiger partial charge in [0.15, 0.2) is 0 Å². The Balaban J connectivity index is 1.40. The van der Waals surface area contributed by atoms with Gasteiger partial charge in [-0.05, 0) is 55.3 Å². The van der Waals surface area contributed by atoms with Crippen molar-refractivity contribution in [1.29, 1.82) is 0 Å². The lowest BCUT2D eigenvalue weighted by Gasteiger charge is -2.14. The summed E-state index contributed by atoms with van der Waals surface area (Å²) in [5.41, 5.74) is 3.43. The molecule has 156 valence electrons. The largest absolute Gasteiger partial charge is 0.487 e. The van der Waals surface area contributed by atoms with Gasteiger partial charge >= 0.3 is 0 Å². The highest BCUT2D eigenvalue weighted by Crippen LogP contribution is 2.40. The Bertz CT molecular complexity index is 1090. The van der Waals surface area contributed by atoms with Crippen molar-refractivity contribution < 1.29 is 18.3 Å². The van der Waals surface area contributed by atoms with E-state index in [-0.39, 0.29) is 23.6 Å². The number of carbonyl (C=O) groups is 1. The second-order valence-electron chi connectivity index (χ2n) is 7.62. The van der Waals surface area contributed by atoms with Gasteiger partial charge < -0.3 is 10.1 Å². The molecule has 0 fully saturated rings. The Morgan fingerprint density at radius 3 is 2.80 bits per heavy atom. The first-order valence-electron chi connectivity index (χ1n) is 9.91. The maximum atomic E-state index is 14.2. The summed E-state index contributed by atoms with van der Waals surface area (Å²) >= 11 is 0. The number of aryl methyl sites for hydroxylation is 3. The van der Waals surface area contributed by atoms with Crippen molar-refractivity contribution in [2.45, 2.75) is 39.3 Å². The third kappa shape index (κ3) is 4.35. The zero-order chi connectivity index (χ0) is 21.3. The van der Waals surface area contributed by atoms with Crippen molar-refractivity contribution >= 4 is 5.91 Å². The molecule has 0 saturated heterocycles. The molecule has 0 aliphatic carbocycles. The zero-order valence-corrected chi connectivity index (χ0v) is 16.9. The molecule has 1 aromatic heterocycles. The van der Waals surface area contributed by atoms with Crippen LogP contribution in [-0.4, -0.2) is 28.3 Å². The molecule has 1 N–H and O–H groups in total. The molecule has 30 heavy (non-hydrogen) atoms. The molecule has 0 bridgehead atoms. The second kappa shape index (κ2) is 8.26. The van der Waals surface area contributed by atoms with Crippen LogP contribution < -0.4 is 10.1 Å². The fourth-order valence-electron chi connectivity index (χ4n) is 3.65. The Labute approximate surface area is 173 Å². The van der Waals surface area contributed by atoms with Crippen molar-refractivity contribution in [3.63, 3.8) is 0 Å². The van der Waals surface area contributed by atoms with E-state index in [1.54, 1.807) is 23.7 Å². The summed E-state index contributed by atoms with van der Waals surface area (Å²) in [6.45, 7) is 4.40. The zero-order valence-electron chi connectivity index (χ0n) is 16.9. The van der Waals surface area contributed by atoms with Crippen LogP contribution in [0.4, 0.5) is 8.78 Å². The number of benzene rings is 2. The summed E-state index contributed by atoms with van der Waals surface area (Å²) < 4.78 is 35.6. The quantitative estimate of drug-likeness (QED) is 0.668. The van der Waals surface area contributed by atoms with Gasteiger partial charge in [-0.1, -0.05) is 6.07 Å². The number of halogens is 2. The molecule has 1 aliphatic heterocycles. The molecule has 7 heteroatoms. The van der Waals surface area contributed by atoms with E-state index in [1.807, 2.05) is 19.2 Å². The highest BCUT2D eigenvalue weighted by atomic mass is 19.1. The number of aromatic nitrogens is 2. The lowest BCUT2D eigenvalue weighted by molar-refractivity contribution is -0.121. The van der Waals surface area contributed by atoms with Crippen molar-refractivity contribution in [1.82, 2.24) is 15.1 Å². The summed E-state index contributed by atoms with van der Waals surface area (Å²) in [5, 5.41) is 7.14. The van der Waals surface area contributed by atoms with Gasteiger partial charge in [0.05, 0.1) is 12.2 Å². The highest BCUT2D eigenvalue weighted by Gasteiger charge is 2.27. The number of amides is 1. The van der Waals surface area contributed by atoms with Gasteiger partial charge in [0.1, 0.15) is 23.5 Å². The average Bonchev–Trinajstić information content (AvgIpc) is 3.31. The van der Waals surface area contributed by atoms with E-state index in [0.717, 1.165) is 11.3 Å². The molecule has 4 rings (SSSR count). The third-order valence-electron chi connectivity index (χ3n) is 5.20. The van der Waals surface area contributed by atoms with E-state index in [4.69, 9.17) is 4.74 Å². The number of hydrogen-bond acceptors (Lipinski definition) is 3. The number of hydrogen-bond donors (Lipinski definition) is 1. The summed E-state index contributed by atoms with van der Waals surface area (Å²) in [6, 6.07) is 9.42. The molecule has 2 aromatic carbocycles. The fraction of sp³-hybridized carbons (Fsp3) is 0.304. The molecule has 1 amide bonds. The lowest BCUT2D eigenvalue weighted by Crippen LogP contribution is -2.34. The number of nitrogens with one attached hydrogen (secondary N) is 1. The molecule has 3 aromatic rings. The SMILES string of the molecule is Cc1ccn(CCC(=O)NC[C@@H]2Cc3cc(F)cc(-c4ccc(F)c(C)c4)c3O2)n1. The smallest absolute Gasteiger partial charge is 0.221 e. The van der Waals surface area contributed by atoms with Crippen molar-refractivity contribution in [2.75, 3.05) is 6.54 Å². The Hall–Kier alpha value is -3.22. The normalized spacial score (nSPS) is 15.0. The molecular weight excluding hydrogens is 388 g/mol. The van der Waals surface area contributed by atoms with E-state index in [1.165, 1.54) is 18.2 Å². The van der Waals surface area contributed by atoms with E-state index < -0.39 is 0 Å². The minimum absolute atomic E-state index is 0.0942. The molecule has 0 saturated carbocycles. The molecule has 1 aliphatic rings. The van der Waals surface area contributed by atoms with E-state index in [2.05, 4.69) is 10.4 Å². The van der Waals surface area contributed by atoms with Crippen LogP contribution >= 0.6 is 0 Å². The summed E-state index contributed by atoms with van der Waals surface area (Å²) in [7, 11) is 0. The van der Waals surface area contributed by atoms with Gasteiger partial charge in [0.25, 0.3) is 0 Å². The molecule has 5 nitrogen and oxygen atoms in total. The third-order valence-corrected chi connectivity index (χ3v) is 5.20. The van der Waals surface area contributed by atoms with Gasteiger partial charge in [-0.25, -0.2) is 8.78 Å². The highest BCUT2D eigenvalue weighted by molar-refractivity contribution is 5.76. The Morgan fingerprint density at radius 1 is 1.23 bits per heavy atom. The number of ether oxygens (including phenoxy) is 1. The number of carbonyl (C=O) groups excluding carboxylic acids is 1. The van der Waals surface area contributed by atoms with Crippen molar-refractivity contribution in [3.05, 3.63) is 71.1 Å². The molecule has 1 atom stereocenters. The standard InChI is InChI=1S/C23H23F2N3O2/c1-14-9-16(3-4-21(14)25)20-12-18(24)10-17-11-19(30-23(17)20)13-26-22(29)6-8-28-7-5-15(2)27-28/h3-5,7,9-10,12,19H,6,8,11,13H2,1-2H3,(H,26,29)/t19-/m0/s1. The van der Waals surface area contributed by atoms with Gasteiger partial charge in [-0.3, -0.25) is 9.48 Å². The molecule has 0 unspecified atom stereocenters. The summed E-state index contributed by atoms with van der Waals surface area (Å²) in [6.07, 6.45) is 2.37. The Kier molecular flexibility index (Phi) is 5.53. The maximum Gasteiger partial charge on any atom is 0.221 e. The monoisotopic (exact) mass is 411 g/mol. The minimum Gasteiger partial charge on any atom is -0.487 e. The van der Waals surface area contributed by atoms with Crippen LogP contribution in [-0.2, 0) is 17.8 Å². The topological polar surface area (TPSA) is 56.2 Å². The summed E-state index contributed by atoms with van der Waals surface area (Å²) in [4.78, 5) is 12.2. The first kappa shape index (κ1) is 20.1. The molecule has 0 spiro atoms. The van der Waals surface area contributed by atoms with Crippen LogP contribution in [0.3, 0.4) is 0 Å². The molecular formula is C23H23F2N3O2. The van der Waals surface area contributed by atoms with E-state index in [0.29, 0.717) is 48.4 Å². The Morgan fingerprint density at radius 2 is 2.07 bits per heavy atom. The van der Waals surface area contributed by atoms with E-state index in [9.17, 15) is 13.6 Å². The van der Waals surface area contributed by atoms with Crippen molar-refractivity contribution in [3.8, 4) is 16.9 Å². The second-order valence-corrected chi connectivity index (χ2v) is 7.62. The van der Waals surface area contributed by atoms with Gasteiger partial charge in [-0.15, -0.1) is 0 Å². The van der Waals surface area contributed by atoms with Crippen LogP contribution in [0.5, 0.6) is 5.75 Å². The van der Waals surface area contributed by atoms with Gasteiger partial charge in [-0.2, -0.15) is 5.10 Å². The average molecular weight is 411 g/mol. The first-order chi connectivity index (χ1) is 14.4. The number of rotatable bonds is 6. The summed E-state index contributed by atoms with van der Waals surface area (Å²) in [5.74, 6) is -0.177. The first-order valence-corrected chi connectivity index (χ1v) is 9.91.